The van der Waals surface area contributed by atoms with Gasteiger partial charge in [0.05, 0.1) is 6.42 Å². The monoisotopic (exact) mass is 202 g/mol. The van der Waals surface area contributed by atoms with Crippen molar-refractivity contribution in [1.82, 2.24) is 5.32 Å². The third-order valence-electron chi connectivity index (χ3n) is 1.56. The molecule has 0 aliphatic carbocycles. The number of rotatable bonds is 5. The molecule has 0 saturated heterocycles. The van der Waals surface area contributed by atoms with Crippen LogP contribution < -0.4 is 11.1 Å². The van der Waals surface area contributed by atoms with Crippen molar-refractivity contribution in [3.8, 4) is 0 Å². The first-order valence-electron chi connectivity index (χ1n) is 4.16. The van der Waals surface area contributed by atoms with Gasteiger partial charge in [-0.3, -0.25) is 14.4 Å². The number of nitrogens with one attached hydrogen (secondary N) is 1. The summed E-state index contributed by atoms with van der Waals surface area (Å²) in [6.45, 7) is 3.27. The Labute approximate surface area is 81.5 Å². The van der Waals surface area contributed by atoms with Gasteiger partial charge in [-0.05, 0) is 0 Å². The smallest absolute Gasteiger partial charge is 0.305 e. The van der Waals surface area contributed by atoms with Gasteiger partial charge in [0.2, 0.25) is 11.8 Å². The second-order valence-electron chi connectivity index (χ2n) is 3.22. The van der Waals surface area contributed by atoms with Gasteiger partial charge in [-0.15, -0.1) is 0 Å². The number of carbonyl (C=O) groups is 3. The van der Waals surface area contributed by atoms with Gasteiger partial charge in [-0.1, -0.05) is 13.8 Å². The predicted octanol–water partition coefficient (Wildman–Crippen LogP) is -0.913. The lowest BCUT2D eigenvalue weighted by Crippen LogP contribution is -2.47. The topological polar surface area (TPSA) is 109 Å². The van der Waals surface area contributed by atoms with Crippen molar-refractivity contribution in [3.05, 3.63) is 0 Å². The standard InChI is InChI=1S/C8H14N2O4/c1-4(2)8(14)10-5(7(9)13)3-6(11)12/h4-5H,3H2,1-2H3,(H2,9,13)(H,10,14)(H,11,12)/t5-/m0/s1. The summed E-state index contributed by atoms with van der Waals surface area (Å²) < 4.78 is 0. The summed E-state index contributed by atoms with van der Waals surface area (Å²) in [5.74, 6) is -2.74. The van der Waals surface area contributed by atoms with Crippen LogP contribution in [0.15, 0.2) is 0 Å². The molecule has 14 heavy (non-hydrogen) atoms. The number of aliphatic carboxylic acids is 1. The van der Waals surface area contributed by atoms with Crippen molar-refractivity contribution < 1.29 is 19.5 Å². The molecule has 6 nitrogen and oxygen atoms in total. The predicted molar refractivity (Wildman–Crippen MR) is 48.2 cm³/mol. The molecule has 0 aliphatic heterocycles. The Kier molecular flexibility index (Phi) is 4.62. The lowest BCUT2D eigenvalue weighted by atomic mass is 10.1. The van der Waals surface area contributed by atoms with E-state index in [0.29, 0.717) is 0 Å². The Balaban J connectivity index is 4.31. The summed E-state index contributed by atoms with van der Waals surface area (Å²) in [6.07, 6.45) is -0.492. The molecule has 6 heteroatoms. The maximum absolute atomic E-state index is 11.1. The van der Waals surface area contributed by atoms with Crippen LogP contribution in [0.5, 0.6) is 0 Å². The molecule has 0 aliphatic rings. The lowest BCUT2D eigenvalue weighted by Gasteiger charge is -2.14. The van der Waals surface area contributed by atoms with E-state index < -0.39 is 30.2 Å². The molecule has 0 saturated carbocycles. The Bertz CT molecular complexity index is 250. The molecule has 2 amide bonds. The summed E-state index contributed by atoms with van der Waals surface area (Å²) in [5.41, 5.74) is 4.92. The molecule has 0 aromatic rings. The fraction of sp³-hybridized carbons (Fsp3) is 0.625. The van der Waals surface area contributed by atoms with Gasteiger partial charge in [0.25, 0.3) is 0 Å². The zero-order chi connectivity index (χ0) is 11.3. The molecule has 0 radical (unpaired) electrons. The molecule has 0 fully saturated rings. The fourth-order valence-electron chi connectivity index (χ4n) is 0.736. The first-order chi connectivity index (χ1) is 6.34. The second kappa shape index (κ2) is 5.21. The van der Waals surface area contributed by atoms with E-state index in [-0.39, 0.29) is 5.92 Å². The quantitative estimate of drug-likeness (QED) is 0.536. The van der Waals surface area contributed by atoms with Gasteiger partial charge in [-0.2, -0.15) is 0 Å². The largest absolute Gasteiger partial charge is 0.481 e. The summed E-state index contributed by atoms with van der Waals surface area (Å²) >= 11 is 0. The van der Waals surface area contributed by atoms with E-state index in [1.807, 2.05) is 0 Å². The highest BCUT2D eigenvalue weighted by Gasteiger charge is 2.22. The highest BCUT2D eigenvalue weighted by Crippen LogP contribution is 1.96. The normalized spacial score (nSPS) is 12.2. The molecule has 0 aromatic carbocycles. The fourth-order valence-corrected chi connectivity index (χ4v) is 0.736. The van der Waals surface area contributed by atoms with Gasteiger partial charge in [0.1, 0.15) is 6.04 Å². The van der Waals surface area contributed by atoms with Crippen molar-refractivity contribution >= 4 is 17.8 Å². The number of carboxylic acid groups (broad SMARTS) is 1. The van der Waals surface area contributed by atoms with Crippen LogP contribution in [0.1, 0.15) is 20.3 Å². The molecular formula is C8H14N2O4. The summed E-state index contributed by atoms with van der Waals surface area (Å²) in [7, 11) is 0. The molecule has 1 atom stereocenters. The Morgan fingerprint density at radius 1 is 1.36 bits per heavy atom. The molecule has 0 unspecified atom stereocenters. The number of hydrogen-bond acceptors (Lipinski definition) is 3. The minimum Gasteiger partial charge on any atom is -0.481 e. The minimum absolute atomic E-state index is 0.314. The van der Waals surface area contributed by atoms with Crippen molar-refractivity contribution in [2.75, 3.05) is 0 Å². The van der Waals surface area contributed by atoms with E-state index in [1.54, 1.807) is 13.8 Å². The van der Waals surface area contributed by atoms with Gasteiger partial charge in [0, 0.05) is 5.92 Å². The number of carboxylic acids is 1. The van der Waals surface area contributed by atoms with E-state index in [4.69, 9.17) is 10.8 Å². The maximum atomic E-state index is 11.1. The SMILES string of the molecule is CC(C)C(=O)N[C@@H](CC(=O)O)C(N)=O. The van der Waals surface area contributed by atoms with Crippen molar-refractivity contribution in [3.63, 3.8) is 0 Å². The average Bonchev–Trinajstić information content (AvgIpc) is 2.01. The average molecular weight is 202 g/mol. The van der Waals surface area contributed by atoms with Crippen LogP contribution >= 0.6 is 0 Å². The Morgan fingerprint density at radius 3 is 2.14 bits per heavy atom. The number of carbonyl (C=O) groups excluding carboxylic acids is 2. The van der Waals surface area contributed by atoms with Crippen LogP contribution in [0, 0.1) is 5.92 Å². The molecule has 0 bridgehead atoms. The van der Waals surface area contributed by atoms with Gasteiger partial charge < -0.3 is 16.2 Å². The van der Waals surface area contributed by atoms with Crippen LogP contribution in [-0.2, 0) is 14.4 Å². The van der Waals surface area contributed by atoms with Crippen LogP contribution in [0.2, 0.25) is 0 Å². The number of primary amides is 1. The molecule has 80 valence electrons. The van der Waals surface area contributed by atoms with Gasteiger partial charge in [0.15, 0.2) is 0 Å². The van der Waals surface area contributed by atoms with Crippen molar-refractivity contribution in [2.45, 2.75) is 26.3 Å². The summed E-state index contributed by atoms with van der Waals surface area (Å²) in [6, 6.07) is -1.14. The second-order valence-corrected chi connectivity index (χ2v) is 3.22. The zero-order valence-electron chi connectivity index (χ0n) is 8.11. The van der Waals surface area contributed by atoms with Crippen molar-refractivity contribution in [2.24, 2.45) is 11.7 Å². The molecule has 4 N–H and O–H groups in total. The van der Waals surface area contributed by atoms with Crippen LogP contribution in [-0.4, -0.2) is 28.9 Å². The Hall–Kier alpha value is -1.59. The van der Waals surface area contributed by atoms with E-state index in [9.17, 15) is 14.4 Å². The van der Waals surface area contributed by atoms with Gasteiger partial charge >= 0.3 is 5.97 Å². The number of hydrogen-bond donors (Lipinski definition) is 3. The van der Waals surface area contributed by atoms with Crippen LogP contribution in [0.4, 0.5) is 0 Å². The minimum atomic E-state index is -1.18. The first-order valence-corrected chi connectivity index (χ1v) is 4.16. The zero-order valence-corrected chi connectivity index (χ0v) is 8.11. The van der Waals surface area contributed by atoms with Crippen LogP contribution in [0.3, 0.4) is 0 Å². The van der Waals surface area contributed by atoms with E-state index in [2.05, 4.69) is 5.32 Å². The molecule has 0 aromatic heterocycles. The third kappa shape index (κ3) is 4.44. The number of amides is 2. The van der Waals surface area contributed by atoms with Crippen molar-refractivity contribution in [1.29, 1.82) is 0 Å². The first kappa shape index (κ1) is 12.4. The molecular weight excluding hydrogens is 188 g/mol. The molecule has 0 rings (SSSR count). The maximum Gasteiger partial charge on any atom is 0.305 e. The van der Waals surface area contributed by atoms with Crippen LogP contribution in [0.25, 0.3) is 0 Å². The van der Waals surface area contributed by atoms with Gasteiger partial charge in [-0.25, -0.2) is 0 Å². The molecule has 0 heterocycles. The summed E-state index contributed by atoms with van der Waals surface area (Å²) in [4.78, 5) is 32.2. The highest BCUT2D eigenvalue weighted by molar-refractivity contribution is 5.90. The third-order valence-corrected chi connectivity index (χ3v) is 1.56. The van der Waals surface area contributed by atoms with E-state index in [0.717, 1.165) is 0 Å². The Morgan fingerprint density at radius 2 is 1.86 bits per heavy atom. The highest BCUT2D eigenvalue weighted by atomic mass is 16.4. The van der Waals surface area contributed by atoms with E-state index >= 15 is 0 Å². The molecule has 0 spiro atoms. The summed E-state index contributed by atoms with van der Waals surface area (Å²) in [5, 5.41) is 10.7. The number of nitrogens with two attached hydrogens (primary N) is 1. The lowest BCUT2D eigenvalue weighted by molar-refractivity contribution is -0.140. The van der Waals surface area contributed by atoms with E-state index in [1.165, 1.54) is 0 Å².